The molecule has 0 fully saturated rings. The van der Waals surface area contributed by atoms with Crippen LogP contribution in [-0.2, 0) is 13.0 Å². The topological polar surface area (TPSA) is 59.2 Å². The third-order valence-corrected chi connectivity index (χ3v) is 4.64. The number of rotatable bonds is 9. The molecule has 138 valence electrons. The number of nitrogens with zero attached hydrogens (tertiary/aromatic N) is 2. The maximum atomic E-state index is 13.1. The van der Waals surface area contributed by atoms with Gasteiger partial charge in [0.15, 0.2) is 0 Å². The number of aromatic nitrogens is 1. The minimum absolute atomic E-state index is 0. The minimum Gasteiger partial charge on any atom is -0.333 e. The molecule has 1 aromatic carbocycles. The molecule has 1 aromatic heterocycles. The minimum atomic E-state index is -0.270. The lowest BCUT2D eigenvalue weighted by Gasteiger charge is -2.22. The highest BCUT2D eigenvalue weighted by Gasteiger charge is 2.19. The zero-order valence-electron chi connectivity index (χ0n) is 14.4. The zero-order valence-corrected chi connectivity index (χ0v) is 16.0. The van der Waals surface area contributed by atoms with E-state index in [1.165, 1.54) is 23.5 Å². The molecule has 1 heterocycles. The highest BCUT2D eigenvalue weighted by molar-refractivity contribution is 7.09. The Labute approximate surface area is 158 Å². The Morgan fingerprint density at radius 2 is 2.00 bits per heavy atom. The lowest BCUT2D eigenvalue weighted by atomic mass is 10.2. The predicted octanol–water partition coefficient (Wildman–Crippen LogP) is 4.04. The van der Waals surface area contributed by atoms with Crippen molar-refractivity contribution < 1.29 is 9.18 Å². The monoisotopic (exact) mass is 385 g/mol. The average Bonchev–Trinajstić information content (AvgIpc) is 3.04. The molecule has 0 aliphatic carbocycles. The fourth-order valence-corrected chi connectivity index (χ4v) is 3.21. The number of halogens is 2. The summed E-state index contributed by atoms with van der Waals surface area (Å²) in [4.78, 5) is 19.0. The number of carbonyl (C=O) groups excluding carboxylic acids is 1. The molecular formula is C18H25ClFN3OS. The fourth-order valence-electron chi connectivity index (χ4n) is 2.42. The third-order valence-electron chi connectivity index (χ3n) is 3.73. The lowest BCUT2D eigenvalue weighted by Crippen LogP contribution is -2.31. The second-order valence-corrected chi connectivity index (χ2v) is 6.67. The molecule has 2 rings (SSSR count). The Kier molecular flexibility index (Phi) is 9.63. The molecule has 25 heavy (non-hydrogen) atoms. The van der Waals surface area contributed by atoms with Gasteiger partial charge in [0.2, 0.25) is 0 Å². The maximum Gasteiger partial charge on any atom is 0.273 e. The van der Waals surface area contributed by atoms with E-state index in [0.717, 1.165) is 29.8 Å². The number of benzene rings is 1. The van der Waals surface area contributed by atoms with Gasteiger partial charge in [0.25, 0.3) is 5.91 Å². The molecule has 0 aliphatic rings. The smallest absolute Gasteiger partial charge is 0.273 e. The summed E-state index contributed by atoms with van der Waals surface area (Å²) >= 11 is 1.47. The van der Waals surface area contributed by atoms with Gasteiger partial charge in [-0.1, -0.05) is 31.9 Å². The summed E-state index contributed by atoms with van der Waals surface area (Å²) in [5, 5.41) is 2.68. The fraction of sp³-hybridized carbons (Fsp3) is 0.444. The standard InChI is InChI=1S/C18H24FN3OS.ClH/c1-2-3-4-11-22(12-14-5-7-15(19)8-6-14)18(23)16-13-24-17(21-16)9-10-20;/h5-8,13H,2-4,9-12,20H2,1H3;1H. The van der Waals surface area contributed by atoms with E-state index in [0.29, 0.717) is 31.7 Å². The van der Waals surface area contributed by atoms with Crippen LogP contribution in [0.25, 0.3) is 0 Å². The van der Waals surface area contributed by atoms with Crippen LogP contribution in [-0.4, -0.2) is 28.9 Å². The van der Waals surface area contributed by atoms with E-state index in [1.807, 2.05) is 0 Å². The van der Waals surface area contributed by atoms with Crippen LogP contribution in [0.4, 0.5) is 4.39 Å². The molecule has 0 bridgehead atoms. The van der Waals surface area contributed by atoms with Crippen LogP contribution >= 0.6 is 23.7 Å². The predicted molar refractivity (Wildman–Crippen MR) is 103 cm³/mol. The maximum absolute atomic E-state index is 13.1. The third kappa shape index (κ3) is 6.72. The summed E-state index contributed by atoms with van der Waals surface area (Å²) in [7, 11) is 0. The Morgan fingerprint density at radius 1 is 1.28 bits per heavy atom. The average molecular weight is 386 g/mol. The Hall–Kier alpha value is -1.50. The van der Waals surface area contributed by atoms with Crippen molar-refractivity contribution in [2.45, 2.75) is 39.2 Å². The molecule has 0 aliphatic heterocycles. The molecule has 0 saturated carbocycles. The van der Waals surface area contributed by atoms with Crippen LogP contribution in [0.15, 0.2) is 29.6 Å². The molecule has 0 spiro atoms. The Bertz CT molecular complexity index is 648. The first-order valence-corrected chi connectivity index (χ1v) is 9.20. The number of hydrogen-bond acceptors (Lipinski definition) is 4. The zero-order chi connectivity index (χ0) is 17.4. The van der Waals surface area contributed by atoms with Crippen molar-refractivity contribution >= 4 is 29.7 Å². The van der Waals surface area contributed by atoms with Gasteiger partial charge in [-0.05, 0) is 30.7 Å². The molecule has 0 unspecified atom stereocenters. The van der Waals surface area contributed by atoms with Crippen molar-refractivity contribution in [1.82, 2.24) is 9.88 Å². The van der Waals surface area contributed by atoms with Crippen LogP contribution in [0, 0.1) is 5.82 Å². The van der Waals surface area contributed by atoms with Gasteiger partial charge in [-0.25, -0.2) is 9.37 Å². The molecule has 4 nitrogen and oxygen atoms in total. The first kappa shape index (κ1) is 21.5. The van der Waals surface area contributed by atoms with E-state index in [2.05, 4.69) is 11.9 Å². The normalized spacial score (nSPS) is 10.4. The van der Waals surface area contributed by atoms with Gasteiger partial charge < -0.3 is 10.6 Å². The summed E-state index contributed by atoms with van der Waals surface area (Å²) < 4.78 is 13.1. The summed E-state index contributed by atoms with van der Waals surface area (Å²) in [6, 6.07) is 6.28. The Balaban J connectivity index is 0.00000312. The van der Waals surface area contributed by atoms with Crippen LogP contribution < -0.4 is 5.73 Å². The largest absolute Gasteiger partial charge is 0.333 e. The van der Waals surface area contributed by atoms with E-state index in [-0.39, 0.29) is 24.1 Å². The van der Waals surface area contributed by atoms with Gasteiger partial charge in [-0.3, -0.25) is 4.79 Å². The number of amides is 1. The highest BCUT2D eigenvalue weighted by atomic mass is 35.5. The SMILES string of the molecule is CCCCCN(Cc1ccc(F)cc1)C(=O)c1csc(CCN)n1.Cl. The number of carbonyl (C=O) groups is 1. The molecule has 0 radical (unpaired) electrons. The van der Waals surface area contributed by atoms with Gasteiger partial charge in [0.1, 0.15) is 11.5 Å². The molecule has 1 amide bonds. The first-order chi connectivity index (χ1) is 11.6. The Morgan fingerprint density at radius 3 is 2.64 bits per heavy atom. The lowest BCUT2D eigenvalue weighted by molar-refractivity contribution is 0.0734. The molecule has 0 saturated heterocycles. The number of hydrogen-bond donors (Lipinski definition) is 1. The van der Waals surface area contributed by atoms with E-state index >= 15 is 0 Å². The van der Waals surface area contributed by atoms with Crippen molar-refractivity contribution in [3.8, 4) is 0 Å². The van der Waals surface area contributed by atoms with Crippen LogP contribution in [0.2, 0.25) is 0 Å². The van der Waals surface area contributed by atoms with Gasteiger partial charge in [-0.2, -0.15) is 0 Å². The molecule has 7 heteroatoms. The second-order valence-electron chi connectivity index (χ2n) is 5.73. The number of nitrogens with two attached hydrogens (primary N) is 1. The summed E-state index contributed by atoms with van der Waals surface area (Å²) in [5.74, 6) is -0.344. The van der Waals surface area contributed by atoms with Gasteiger partial charge in [-0.15, -0.1) is 23.7 Å². The van der Waals surface area contributed by atoms with E-state index in [1.54, 1.807) is 22.4 Å². The van der Waals surface area contributed by atoms with Crippen LogP contribution in [0.5, 0.6) is 0 Å². The van der Waals surface area contributed by atoms with Crippen LogP contribution in [0.3, 0.4) is 0 Å². The van der Waals surface area contributed by atoms with Crippen molar-refractivity contribution in [1.29, 1.82) is 0 Å². The van der Waals surface area contributed by atoms with Crippen molar-refractivity contribution in [2.75, 3.05) is 13.1 Å². The van der Waals surface area contributed by atoms with Gasteiger partial charge in [0.05, 0.1) is 5.01 Å². The highest BCUT2D eigenvalue weighted by Crippen LogP contribution is 2.15. The van der Waals surface area contributed by atoms with Gasteiger partial charge in [0, 0.05) is 24.9 Å². The molecule has 0 atom stereocenters. The molecular weight excluding hydrogens is 361 g/mol. The van der Waals surface area contributed by atoms with Crippen molar-refractivity contribution in [2.24, 2.45) is 5.73 Å². The number of unbranched alkanes of at least 4 members (excludes halogenated alkanes) is 2. The molecule has 2 N–H and O–H groups in total. The van der Waals surface area contributed by atoms with Crippen LogP contribution in [0.1, 0.15) is 47.2 Å². The van der Waals surface area contributed by atoms with E-state index < -0.39 is 0 Å². The number of thiazole rings is 1. The molecule has 2 aromatic rings. The van der Waals surface area contributed by atoms with Crippen molar-refractivity contribution in [3.05, 3.63) is 51.7 Å². The van der Waals surface area contributed by atoms with E-state index in [4.69, 9.17) is 5.73 Å². The quantitative estimate of drug-likeness (QED) is 0.663. The summed E-state index contributed by atoms with van der Waals surface area (Å²) in [6.45, 7) is 3.79. The van der Waals surface area contributed by atoms with Gasteiger partial charge >= 0.3 is 0 Å². The van der Waals surface area contributed by atoms with E-state index in [9.17, 15) is 9.18 Å². The summed E-state index contributed by atoms with van der Waals surface area (Å²) in [6.07, 6.45) is 3.80. The second kappa shape index (κ2) is 11.2. The van der Waals surface area contributed by atoms with Crippen molar-refractivity contribution in [3.63, 3.8) is 0 Å². The first-order valence-electron chi connectivity index (χ1n) is 8.32. The summed E-state index contributed by atoms with van der Waals surface area (Å²) in [5.41, 5.74) is 6.93.